The van der Waals surface area contributed by atoms with Gasteiger partial charge in [-0.05, 0) is 121 Å². The first-order chi connectivity index (χ1) is 26.5. The van der Waals surface area contributed by atoms with Crippen molar-refractivity contribution < 1.29 is 0 Å². The molecule has 54 heavy (non-hydrogen) atoms. The topological polar surface area (TPSA) is 3.24 Å². The molecule has 2 aliphatic carbocycles. The maximum absolute atomic E-state index is 2.47. The maximum atomic E-state index is 2.47. The van der Waals surface area contributed by atoms with Crippen molar-refractivity contribution in [2.24, 2.45) is 0 Å². The molecule has 0 aliphatic heterocycles. The molecule has 0 saturated heterocycles. The number of nitrogens with zero attached hydrogens (tertiary/aromatic N) is 1. The number of hydrogen-bond acceptors (Lipinski definition) is 1. The van der Waals surface area contributed by atoms with Crippen LogP contribution >= 0.6 is 0 Å². The first-order valence-electron chi connectivity index (χ1n) is 19.2. The van der Waals surface area contributed by atoms with Crippen molar-refractivity contribution in [1.29, 1.82) is 0 Å². The standard InChI is InChI=1S/C53H41N/c1-53(2)49-33-26-40-17-9-10-18-45(40)52(49)48-31-25-41(35-50(48)53)44-32-34-51(47-20-12-11-19-46(44)47)54(42-27-21-38(22-28-42)36-13-5-3-6-14-36)43-29-23-39(24-30-43)37-15-7-4-8-16-37/h3-8,10-16,18-35H,9,17H2,1-2H3. The SMILES string of the molecule is CC1(C)c2cc(-c3ccc(N(c4ccc(-c5ccccc5)cc4)c4ccc(-c5ccccc5)cc4)c4ccccc34)ccc2-c2c1ccc1c2C=CCC1. The van der Waals surface area contributed by atoms with Crippen molar-refractivity contribution in [2.75, 3.05) is 4.90 Å². The second-order valence-corrected chi connectivity index (χ2v) is 15.2. The largest absolute Gasteiger partial charge is 0.310 e. The Kier molecular flexibility index (Phi) is 7.70. The van der Waals surface area contributed by atoms with Gasteiger partial charge in [0.1, 0.15) is 0 Å². The van der Waals surface area contributed by atoms with Crippen LogP contribution in [0.3, 0.4) is 0 Å². The number of hydrogen-bond donors (Lipinski definition) is 0. The normalized spacial score (nSPS) is 13.7. The zero-order valence-corrected chi connectivity index (χ0v) is 30.8. The van der Waals surface area contributed by atoms with Crippen LogP contribution in [0.25, 0.3) is 61.4 Å². The Labute approximate surface area is 318 Å². The molecular weight excluding hydrogens is 651 g/mol. The Hall–Kier alpha value is -6.44. The molecule has 0 unspecified atom stereocenters. The average molecular weight is 692 g/mol. The van der Waals surface area contributed by atoms with E-state index in [2.05, 4.69) is 207 Å². The molecule has 1 heteroatoms. The molecule has 10 rings (SSSR count). The molecule has 0 fully saturated rings. The molecule has 1 nitrogen and oxygen atoms in total. The highest BCUT2D eigenvalue weighted by Gasteiger charge is 2.37. The summed E-state index contributed by atoms with van der Waals surface area (Å²) in [5, 5.41) is 2.46. The number of fused-ring (bicyclic) bond motifs is 6. The van der Waals surface area contributed by atoms with E-state index >= 15 is 0 Å². The van der Waals surface area contributed by atoms with Crippen LogP contribution in [-0.4, -0.2) is 0 Å². The third kappa shape index (κ3) is 5.31. The summed E-state index contributed by atoms with van der Waals surface area (Å²) in [4.78, 5) is 2.41. The summed E-state index contributed by atoms with van der Waals surface area (Å²) < 4.78 is 0. The van der Waals surface area contributed by atoms with E-state index in [4.69, 9.17) is 0 Å². The van der Waals surface area contributed by atoms with Crippen molar-refractivity contribution >= 4 is 33.9 Å². The summed E-state index contributed by atoms with van der Waals surface area (Å²) in [6, 6.07) is 64.7. The number of aryl methyl sites for hydroxylation is 1. The molecule has 0 aromatic heterocycles. The van der Waals surface area contributed by atoms with E-state index in [1.54, 1.807) is 0 Å². The van der Waals surface area contributed by atoms with Gasteiger partial charge in [-0.2, -0.15) is 0 Å². The minimum Gasteiger partial charge on any atom is -0.310 e. The third-order valence-corrected chi connectivity index (χ3v) is 11.8. The highest BCUT2D eigenvalue weighted by molar-refractivity contribution is 6.06. The van der Waals surface area contributed by atoms with Crippen LogP contribution in [0.4, 0.5) is 17.1 Å². The van der Waals surface area contributed by atoms with Gasteiger partial charge in [0.15, 0.2) is 0 Å². The molecule has 2 aliphatic rings. The number of rotatable bonds is 6. The van der Waals surface area contributed by atoms with E-state index in [1.807, 2.05) is 0 Å². The van der Waals surface area contributed by atoms with E-state index in [-0.39, 0.29) is 5.41 Å². The quantitative estimate of drug-likeness (QED) is 0.168. The third-order valence-electron chi connectivity index (χ3n) is 11.8. The van der Waals surface area contributed by atoms with E-state index in [9.17, 15) is 0 Å². The summed E-state index contributed by atoms with van der Waals surface area (Å²) in [6.45, 7) is 4.79. The van der Waals surface area contributed by atoms with Crippen LogP contribution in [0.2, 0.25) is 0 Å². The van der Waals surface area contributed by atoms with Crippen LogP contribution in [0.5, 0.6) is 0 Å². The van der Waals surface area contributed by atoms with Gasteiger partial charge in [-0.1, -0.05) is 166 Å². The van der Waals surface area contributed by atoms with E-state index in [1.165, 1.54) is 77.5 Å². The minimum absolute atomic E-state index is 0.0780. The van der Waals surface area contributed by atoms with Crippen LogP contribution in [-0.2, 0) is 11.8 Å². The molecule has 0 saturated carbocycles. The molecule has 0 spiro atoms. The van der Waals surface area contributed by atoms with Crippen LogP contribution in [0.15, 0.2) is 182 Å². The number of anilines is 3. The van der Waals surface area contributed by atoms with Crippen molar-refractivity contribution in [2.45, 2.75) is 32.1 Å². The fourth-order valence-corrected chi connectivity index (χ4v) is 8.94. The molecule has 0 atom stereocenters. The van der Waals surface area contributed by atoms with Gasteiger partial charge >= 0.3 is 0 Å². The summed E-state index contributed by atoms with van der Waals surface area (Å²) in [7, 11) is 0. The molecule has 0 heterocycles. The maximum Gasteiger partial charge on any atom is 0.0540 e. The second kappa shape index (κ2) is 12.9. The Morgan fingerprint density at radius 2 is 1.02 bits per heavy atom. The lowest BCUT2D eigenvalue weighted by molar-refractivity contribution is 0.660. The molecule has 8 aromatic carbocycles. The highest BCUT2D eigenvalue weighted by Crippen LogP contribution is 2.53. The van der Waals surface area contributed by atoms with E-state index in [0.29, 0.717) is 0 Å². The van der Waals surface area contributed by atoms with Crippen molar-refractivity contribution in [3.63, 3.8) is 0 Å². The van der Waals surface area contributed by atoms with Crippen molar-refractivity contribution in [3.8, 4) is 44.5 Å². The predicted octanol–water partition coefficient (Wildman–Crippen LogP) is 14.6. The van der Waals surface area contributed by atoms with Gasteiger partial charge < -0.3 is 4.90 Å². The molecular formula is C53H41N. The predicted molar refractivity (Wildman–Crippen MR) is 230 cm³/mol. The van der Waals surface area contributed by atoms with Crippen LogP contribution in [0.1, 0.15) is 42.5 Å². The first kappa shape index (κ1) is 32.2. The minimum atomic E-state index is -0.0780. The first-order valence-corrected chi connectivity index (χ1v) is 19.2. The Morgan fingerprint density at radius 3 is 1.67 bits per heavy atom. The van der Waals surface area contributed by atoms with Gasteiger partial charge in [0, 0.05) is 22.2 Å². The van der Waals surface area contributed by atoms with Gasteiger partial charge in [0.25, 0.3) is 0 Å². The van der Waals surface area contributed by atoms with Gasteiger partial charge in [-0.15, -0.1) is 0 Å². The molecule has 0 N–H and O–H groups in total. The van der Waals surface area contributed by atoms with E-state index < -0.39 is 0 Å². The summed E-state index contributed by atoms with van der Waals surface area (Å²) in [5.41, 5.74) is 19.2. The fourth-order valence-electron chi connectivity index (χ4n) is 8.94. The average Bonchev–Trinajstić information content (AvgIpc) is 3.47. The smallest absolute Gasteiger partial charge is 0.0540 e. The monoisotopic (exact) mass is 691 g/mol. The number of allylic oxidation sites excluding steroid dienone is 1. The van der Waals surface area contributed by atoms with E-state index in [0.717, 1.165) is 29.9 Å². The highest BCUT2D eigenvalue weighted by atomic mass is 15.1. The lowest BCUT2D eigenvalue weighted by atomic mass is 9.80. The van der Waals surface area contributed by atoms with Gasteiger partial charge in [-0.25, -0.2) is 0 Å². The summed E-state index contributed by atoms with van der Waals surface area (Å²) >= 11 is 0. The molecule has 0 amide bonds. The molecule has 0 bridgehead atoms. The fraction of sp³-hybridized carbons (Fsp3) is 0.0943. The van der Waals surface area contributed by atoms with Gasteiger partial charge in [0.05, 0.1) is 5.69 Å². The molecule has 0 radical (unpaired) electrons. The lowest BCUT2D eigenvalue weighted by Crippen LogP contribution is -2.15. The number of benzene rings is 8. The second-order valence-electron chi connectivity index (χ2n) is 15.2. The van der Waals surface area contributed by atoms with Gasteiger partial charge in [0.2, 0.25) is 0 Å². The zero-order valence-electron chi connectivity index (χ0n) is 30.8. The van der Waals surface area contributed by atoms with Crippen molar-refractivity contribution in [3.05, 3.63) is 204 Å². The zero-order chi connectivity index (χ0) is 36.2. The van der Waals surface area contributed by atoms with Crippen molar-refractivity contribution in [1.82, 2.24) is 0 Å². The molecule has 8 aromatic rings. The Balaban J connectivity index is 1.10. The van der Waals surface area contributed by atoms with Crippen LogP contribution in [0, 0.1) is 0 Å². The summed E-state index contributed by atoms with van der Waals surface area (Å²) in [5.74, 6) is 0. The Morgan fingerprint density at radius 1 is 0.463 bits per heavy atom. The molecule has 258 valence electrons. The van der Waals surface area contributed by atoms with Gasteiger partial charge in [-0.3, -0.25) is 0 Å². The Bertz CT molecular complexity index is 2620. The van der Waals surface area contributed by atoms with Crippen LogP contribution < -0.4 is 4.90 Å². The lowest BCUT2D eigenvalue weighted by Gasteiger charge is -2.28. The summed E-state index contributed by atoms with van der Waals surface area (Å²) in [6.07, 6.45) is 6.95.